The molecule has 3 fully saturated rings. The van der Waals surface area contributed by atoms with Gasteiger partial charge in [-0.3, -0.25) is 10.2 Å². The van der Waals surface area contributed by atoms with Crippen molar-refractivity contribution in [1.82, 2.24) is 10.3 Å². The van der Waals surface area contributed by atoms with Crippen molar-refractivity contribution in [3.05, 3.63) is 0 Å². The van der Waals surface area contributed by atoms with E-state index in [1.54, 1.807) is 0 Å². The average molecular weight is 158 g/mol. The molecular formula is C2H3BN4O4. The van der Waals surface area contributed by atoms with Gasteiger partial charge in [0.1, 0.15) is 0 Å². The first kappa shape index (κ1) is 6.40. The van der Waals surface area contributed by atoms with Crippen LogP contribution in [0.15, 0.2) is 0 Å². The number of guanidine groups is 1. The van der Waals surface area contributed by atoms with Gasteiger partial charge in [-0.2, -0.15) is 0 Å². The second-order valence-corrected chi connectivity index (χ2v) is 1.82. The van der Waals surface area contributed by atoms with Crippen molar-refractivity contribution in [2.45, 2.75) is 0 Å². The van der Waals surface area contributed by atoms with E-state index in [2.05, 4.69) is 14.3 Å². The van der Waals surface area contributed by atoms with E-state index in [4.69, 9.17) is 11.1 Å². The molecule has 0 unspecified atom stereocenters. The highest BCUT2D eigenvalue weighted by Gasteiger charge is 2.54. The summed E-state index contributed by atoms with van der Waals surface area (Å²) in [6.07, 6.45) is 0. The summed E-state index contributed by atoms with van der Waals surface area (Å²) >= 11 is 0. The minimum Gasteiger partial charge on any atom is -0.368 e. The number of nitrogens with two attached hydrogens (primary N) is 1. The van der Waals surface area contributed by atoms with Gasteiger partial charge in [-0.25, -0.2) is 14.3 Å². The number of carbonyl (C=O) groups is 1. The van der Waals surface area contributed by atoms with Gasteiger partial charge >= 0.3 is 13.4 Å². The Morgan fingerprint density at radius 2 is 2.18 bits per heavy atom. The lowest BCUT2D eigenvalue weighted by Gasteiger charge is -2.41. The third kappa shape index (κ3) is 0.754. The van der Waals surface area contributed by atoms with Gasteiger partial charge in [0, 0.05) is 0 Å². The van der Waals surface area contributed by atoms with Gasteiger partial charge < -0.3 is 5.73 Å². The molecule has 11 heavy (non-hydrogen) atoms. The Bertz CT molecular complexity index is 226. The van der Waals surface area contributed by atoms with Crippen LogP contribution in [0.4, 0.5) is 4.79 Å². The minimum absolute atomic E-state index is 0.517. The standard InChI is InChI=1S/C2H3BN4O4/c4-1(5)6-2(8)7-10-3(9-6)11-7/h(H3,4,5). The van der Waals surface area contributed by atoms with Crippen LogP contribution in [0.25, 0.3) is 0 Å². The number of fused-ring (bicyclic) bond motifs is 2. The van der Waals surface area contributed by atoms with Gasteiger partial charge in [0.2, 0.25) is 5.96 Å². The van der Waals surface area contributed by atoms with Crippen molar-refractivity contribution >= 4 is 19.3 Å². The molecule has 8 nitrogen and oxygen atoms in total. The third-order valence-corrected chi connectivity index (χ3v) is 1.10. The van der Waals surface area contributed by atoms with E-state index in [0.29, 0.717) is 10.3 Å². The zero-order valence-corrected chi connectivity index (χ0v) is 5.18. The first-order valence-electron chi connectivity index (χ1n) is 2.67. The summed E-state index contributed by atoms with van der Waals surface area (Å²) in [4.78, 5) is 10.9. The van der Waals surface area contributed by atoms with Gasteiger partial charge in [-0.1, -0.05) is 5.23 Å². The summed E-state index contributed by atoms with van der Waals surface area (Å²) in [5.74, 6) is -0.517. The van der Waals surface area contributed by atoms with Crippen molar-refractivity contribution in [2.24, 2.45) is 5.73 Å². The van der Waals surface area contributed by atoms with Gasteiger partial charge in [-0.15, -0.1) is 5.06 Å². The van der Waals surface area contributed by atoms with Crippen LogP contribution in [0.2, 0.25) is 0 Å². The van der Waals surface area contributed by atoms with Crippen LogP contribution in [0.5, 0.6) is 0 Å². The second kappa shape index (κ2) is 1.84. The zero-order chi connectivity index (χ0) is 8.01. The minimum atomic E-state index is -0.961. The quantitative estimate of drug-likeness (QED) is 0.251. The van der Waals surface area contributed by atoms with Gasteiger partial charge in [0.25, 0.3) is 0 Å². The molecule has 0 radical (unpaired) electrons. The number of amides is 2. The molecule has 3 aliphatic heterocycles. The first-order valence-corrected chi connectivity index (χ1v) is 2.67. The molecule has 0 aromatic heterocycles. The summed E-state index contributed by atoms with van der Waals surface area (Å²) in [5, 5.41) is 8.00. The summed E-state index contributed by atoms with van der Waals surface area (Å²) < 4.78 is 13.6. The molecule has 9 heteroatoms. The van der Waals surface area contributed by atoms with Gasteiger partial charge in [0.05, 0.1) is 0 Å². The van der Waals surface area contributed by atoms with Crippen LogP contribution >= 0.6 is 0 Å². The molecule has 0 aliphatic carbocycles. The Morgan fingerprint density at radius 3 is 2.55 bits per heavy atom. The van der Waals surface area contributed by atoms with Gasteiger partial charge in [-0.05, 0) is 0 Å². The lowest BCUT2D eigenvalue weighted by Crippen LogP contribution is -2.68. The summed E-state index contributed by atoms with van der Waals surface area (Å²) in [5.41, 5.74) is 4.97. The molecule has 0 aromatic rings. The van der Waals surface area contributed by atoms with E-state index in [9.17, 15) is 4.79 Å². The van der Waals surface area contributed by atoms with Crippen LogP contribution in [0, 0.1) is 5.41 Å². The molecule has 3 heterocycles. The molecule has 2 bridgehead atoms. The molecule has 3 aliphatic rings. The maximum Gasteiger partial charge on any atom is 0.712 e. The summed E-state index contributed by atoms with van der Waals surface area (Å²) in [6, 6.07) is -0.778. The smallest absolute Gasteiger partial charge is 0.368 e. The average Bonchev–Trinajstić information content (AvgIpc) is 1.84. The monoisotopic (exact) mass is 158 g/mol. The Balaban J connectivity index is 2.13. The van der Waals surface area contributed by atoms with Crippen LogP contribution in [0.3, 0.4) is 0 Å². The molecule has 2 amide bonds. The SMILES string of the molecule is N=C(N)N1OB2ON(O2)C1=O. The highest BCUT2D eigenvalue weighted by molar-refractivity contribution is 6.39. The first-order chi connectivity index (χ1) is 5.18. The van der Waals surface area contributed by atoms with Crippen LogP contribution in [0.1, 0.15) is 0 Å². The number of nitrogens with one attached hydrogen (secondary N) is 1. The molecule has 0 spiro atoms. The fourth-order valence-electron chi connectivity index (χ4n) is 0.658. The second-order valence-electron chi connectivity index (χ2n) is 1.82. The molecule has 0 aromatic carbocycles. The summed E-state index contributed by atoms with van der Waals surface area (Å²) in [7, 11) is -0.961. The fourth-order valence-corrected chi connectivity index (χ4v) is 0.658. The highest BCUT2D eigenvalue weighted by atomic mass is 17.1. The van der Waals surface area contributed by atoms with Crippen molar-refractivity contribution < 1.29 is 19.1 Å². The van der Waals surface area contributed by atoms with E-state index >= 15 is 0 Å². The Labute approximate surface area is 60.9 Å². The fraction of sp³-hybridized carbons (Fsp3) is 0. The molecule has 3 rings (SSSR count). The van der Waals surface area contributed by atoms with Crippen LogP contribution < -0.4 is 5.73 Å². The Morgan fingerprint density at radius 1 is 1.55 bits per heavy atom. The van der Waals surface area contributed by atoms with Crippen molar-refractivity contribution in [3.8, 4) is 0 Å². The van der Waals surface area contributed by atoms with Crippen molar-refractivity contribution in [2.75, 3.05) is 0 Å². The molecule has 0 atom stereocenters. The van der Waals surface area contributed by atoms with Crippen LogP contribution in [-0.2, 0) is 14.3 Å². The van der Waals surface area contributed by atoms with Crippen LogP contribution in [-0.4, -0.2) is 29.6 Å². The van der Waals surface area contributed by atoms with Crippen molar-refractivity contribution in [3.63, 3.8) is 0 Å². The van der Waals surface area contributed by atoms with E-state index in [0.717, 1.165) is 0 Å². The van der Waals surface area contributed by atoms with E-state index < -0.39 is 19.3 Å². The third-order valence-electron chi connectivity index (χ3n) is 1.10. The van der Waals surface area contributed by atoms with Crippen molar-refractivity contribution in [1.29, 1.82) is 5.41 Å². The largest absolute Gasteiger partial charge is 0.712 e. The van der Waals surface area contributed by atoms with E-state index in [1.807, 2.05) is 0 Å². The van der Waals surface area contributed by atoms with E-state index in [1.165, 1.54) is 0 Å². The predicted molar refractivity (Wildman–Crippen MR) is 30.0 cm³/mol. The molecular weight excluding hydrogens is 155 g/mol. The number of hydrogen-bond donors (Lipinski definition) is 2. The maximum atomic E-state index is 10.9. The number of hydrogen-bond acceptors (Lipinski definition) is 5. The predicted octanol–water partition coefficient (Wildman–Crippen LogP) is -1.59. The Kier molecular flexibility index (Phi) is 1.07. The number of carbonyl (C=O) groups excluding carboxylic acids is 1. The maximum absolute atomic E-state index is 10.9. The summed E-state index contributed by atoms with van der Waals surface area (Å²) in [6.45, 7) is 0. The van der Waals surface area contributed by atoms with Gasteiger partial charge in [0.15, 0.2) is 0 Å². The lowest BCUT2D eigenvalue weighted by atomic mass is 10.2. The number of hydroxylamine groups is 4. The number of nitrogens with zero attached hydrogens (tertiary/aromatic N) is 2. The Hall–Kier alpha value is -1.32. The topological polar surface area (TPSA) is 101 Å². The lowest BCUT2D eigenvalue weighted by molar-refractivity contribution is -0.380. The normalized spacial score (nSPS) is 21.8. The van der Waals surface area contributed by atoms with E-state index in [-0.39, 0.29) is 0 Å². The molecule has 0 saturated carbocycles. The molecule has 3 saturated heterocycles. The number of rotatable bonds is 0. The molecule has 58 valence electrons. The zero-order valence-electron chi connectivity index (χ0n) is 5.18. The molecule has 3 N–H and O–H groups in total. The number of urea groups is 1. The highest BCUT2D eigenvalue weighted by Crippen LogP contribution is 2.22.